The van der Waals surface area contributed by atoms with Crippen molar-refractivity contribution in [3.63, 3.8) is 0 Å². The van der Waals surface area contributed by atoms with Crippen molar-refractivity contribution in [1.82, 2.24) is 24.8 Å². The Morgan fingerprint density at radius 3 is 2.72 bits per heavy atom. The third-order valence-electron chi connectivity index (χ3n) is 4.24. The Labute approximate surface area is 165 Å². The minimum Gasteiger partial charge on any atom is -0.365 e. The van der Waals surface area contributed by atoms with Crippen LogP contribution in [-0.4, -0.2) is 30.7 Å². The van der Waals surface area contributed by atoms with Gasteiger partial charge in [-0.05, 0) is 42.0 Å². The highest BCUT2D eigenvalue weighted by atomic mass is 19.1. The zero-order valence-corrected chi connectivity index (χ0v) is 15.4. The predicted octanol–water partition coefficient (Wildman–Crippen LogP) is 2.84. The summed E-state index contributed by atoms with van der Waals surface area (Å²) in [6.45, 7) is 0.504. The Hall–Kier alpha value is -3.88. The number of halogens is 1. The molecule has 0 aliphatic carbocycles. The Balaban J connectivity index is 1.40. The number of nitrogens with one attached hydrogen (secondary N) is 2. The van der Waals surface area contributed by atoms with E-state index in [1.807, 2.05) is 0 Å². The molecule has 1 amide bonds. The standard InChI is InChI=1S/C20H18FN7O/c21-15-5-3-14(4-6-15)12-23-17-7-8-18-25-26-19(28(18)27-17)9-10-20(29)24-16-2-1-11-22-13-16/h1-8,11,13H,9-10,12H2,(H,23,27)(H,24,29). The molecule has 8 nitrogen and oxygen atoms in total. The summed E-state index contributed by atoms with van der Waals surface area (Å²) in [7, 11) is 0. The highest BCUT2D eigenvalue weighted by Crippen LogP contribution is 2.11. The van der Waals surface area contributed by atoms with Crippen molar-refractivity contribution in [1.29, 1.82) is 0 Å². The van der Waals surface area contributed by atoms with E-state index in [4.69, 9.17) is 0 Å². The van der Waals surface area contributed by atoms with Crippen LogP contribution in [0, 0.1) is 5.82 Å². The maximum Gasteiger partial charge on any atom is 0.224 e. The molecule has 0 atom stereocenters. The molecule has 1 aromatic carbocycles. The fourth-order valence-electron chi connectivity index (χ4n) is 2.76. The number of hydrogen-bond donors (Lipinski definition) is 2. The first-order chi connectivity index (χ1) is 14.2. The molecule has 3 aromatic heterocycles. The van der Waals surface area contributed by atoms with Crippen molar-refractivity contribution in [2.75, 3.05) is 10.6 Å². The third-order valence-corrected chi connectivity index (χ3v) is 4.24. The summed E-state index contributed by atoms with van der Waals surface area (Å²) < 4.78 is 14.6. The summed E-state index contributed by atoms with van der Waals surface area (Å²) in [6.07, 6.45) is 3.86. The third kappa shape index (κ3) is 4.70. The first-order valence-corrected chi connectivity index (χ1v) is 9.07. The van der Waals surface area contributed by atoms with E-state index < -0.39 is 0 Å². The average Bonchev–Trinajstić information content (AvgIpc) is 3.15. The monoisotopic (exact) mass is 391 g/mol. The Bertz CT molecular complexity index is 1110. The van der Waals surface area contributed by atoms with Crippen LogP contribution in [0.2, 0.25) is 0 Å². The lowest BCUT2D eigenvalue weighted by atomic mass is 10.2. The maximum atomic E-state index is 13.0. The summed E-state index contributed by atoms with van der Waals surface area (Å²) in [5.74, 6) is 0.810. The van der Waals surface area contributed by atoms with E-state index in [9.17, 15) is 9.18 Å². The SMILES string of the molecule is O=C(CCc1nnc2ccc(NCc3ccc(F)cc3)nn12)Nc1cccnc1. The second-order valence-electron chi connectivity index (χ2n) is 6.37. The molecule has 29 heavy (non-hydrogen) atoms. The molecule has 0 saturated carbocycles. The van der Waals surface area contributed by atoms with Crippen molar-refractivity contribution in [3.05, 3.63) is 78.1 Å². The van der Waals surface area contributed by atoms with Gasteiger partial charge < -0.3 is 10.6 Å². The van der Waals surface area contributed by atoms with Crippen molar-refractivity contribution in [2.24, 2.45) is 0 Å². The number of rotatable bonds is 7. The van der Waals surface area contributed by atoms with Gasteiger partial charge in [-0.15, -0.1) is 15.3 Å². The molecule has 0 spiro atoms. The van der Waals surface area contributed by atoms with Crippen LogP contribution in [0.25, 0.3) is 5.65 Å². The molecule has 0 saturated heterocycles. The van der Waals surface area contributed by atoms with E-state index in [-0.39, 0.29) is 18.1 Å². The van der Waals surface area contributed by atoms with Gasteiger partial charge in [-0.25, -0.2) is 4.39 Å². The Morgan fingerprint density at radius 1 is 1.07 bits per heavy atom. The zero-order valence-electron chi connectivity index (χ0n) is 15.4. The Kier molecular flexibility index (Phi) is 5.37. The van der Waals surface area contributed by atoms with Gasteiger partial charge in [0.15, 0.2) is 11.5 Å². The molecular formula is C20H18FN7O. The number of carbonyl (C=O) groups is 1. The number of aromatic nitrogens is 5. The fraction of sp³-hybridized carbons (Fsp3) is 0.150. The molecular weight excluding hydrogens is 373 g/mol. The van der Waals surface area contributed by atoms with E-state index in [1.54, 1.807) is 53.3 Å². The number of benzene rings is 1. The van der Waals surface area contributed by atoms with E-state index in [0.717, 1.165) is 5.56 Å². The van der Waals surface area contributed by atoms with Crippen LogP contribution in [0.5, 0.6) is 0 Å². The van der Waals surface area contributed by atoms with E-state index in [1.165, 1.54) is 12.1 Å². The molecule has 146 valence electrons. The van der Waals surface area contributed by atoms with Gasteiger partial charge in [0.25, 0.3) is 0 Å². The van der Waals surface area contributed by atoms with Crippen LogP contribution < -0.4 is 10.6 Å². The average molecular weight is 391 g/mol. The Morgan fingerprint density at radius 2 is 1.93 bits per heavy atom. The summed E-state index contributed by atoms with van der Waals surface area (Å²) in [4.78, 5) is 16.1. The summed E-state index contributed by atoms with van der Waals surface area (Å²) >= 11 is 0. The predicted molar refractivity (Wildman–Crippen MR) is 106 cm³/mol. The second-order valence-corrected chi connectivity index (χ2v) is 6.37. The minimum absolute atomic E-state index is 0.139. The van der Waals surface area contributed by atoms with Crippen LogP contribution in [0.1, 0.15) is 17.8 Å². The van der Waals surface area contributed by atoms with Gasteiger partial charge in [-0.1, -0.05) is 12.1 Å². The highest BCUT2D eigenvalue weighted by molar-refractivity contribution is 5.90. The largest absolute Gasteiger partial charge is 0.365 e. The van der Waals surface area contributed by atoms with Gasteiger partial charge in [0.05, 0.1) is 11.9 Å². The lowest BCUT2D eigenvalue weighted by molar-refractivity contribution is -0.116. The lowest BCUT2D eigenvalue weighted by Gasteiger charge is -2.07. The number of hydrogen-bond acceptors (Lipinski definition) is 6. The number of pyridine rings is 1. The first kappa shape index (κ1) is 18.5. The molecule has 4 rings (SSSR count). The molecule has 0 fully saturated rings. The zero-order chi connectivity index (χ0) is 20.1. The van der Waals surface area contributed by atoms with Crippen LogP contribution >= 0.6 is 0 Å². The van der Waals surface area contributed by atoms with Crippen molar-refractivity contribution in [3.8, 4) is 0 Å². The van der Waals surface area contributed by atoms with Gasteiger partial charge in [0, 0.05) is 25.6 Å². The number of anilines is 2. The number of carbonyl (C=O) groups excluding carboxylic acids is 1. The molecule has 0 radical (unpaired) electrons. The van der Waals surface area contributed by atoms with Gasteiger partial charge in [0.1, 0.15) is 11.6 Å². The van der Waals surface area contributed by atoms with Gasteiger partial charge >= 0.3 is 0 Å². The number of nitrogens with zero attached hydrogens (tertiary/aromatic N) is 5. The fourth-order valence-corrected chi connectivity index (χ4v) is 2.76. The van der Waals surface area contributed by atoms with Crippen molar-refractivity contribution < 1.29 is 9.18 Å². The van der Waals surface area contributed by atoms with Crippen molar-refractivity contribution in [2.45, 2.75) is 19.4 Å². The van der Waals surface area contributed by atoms with Crippen LogP contribution in [-0.2, 0) is 17.8 Å². The summed E-state index contributed by atoms with van der Waals surface area (Å²) in [5.41, 5.74) is 2.18. The van der Waals surface area contributed by atoms with E-state index in [0.29, 0.717) is 35.9 Å². The van der Waals surface area contributed by atoms with Crippen LogP contribution in [0.15, 0.2) is 60.9 Å². The molecule has 0 aliphatic rings. The molecule has 0 unspecified atom stereocenters. The quantitative estimate of drug-likeness (QED) is 0.503. The second kappa shape index (κ2) is 8.42. The normalized spacial score (nSPS) is 10.8. The molecule has 2 N–H and O–H groups in total. The van der Waals surface area contributed by atoms with E-state index in [2.05, 4.69) is 30.9 Å². The first-order valence-electron chi connectivity index (χ1n) is 9.07. The summed E-state index contributed by atoms with van der Waals surface area (Å²) in [6, 6.07) is 13.4. The van der Waals surface area contributed by atoms with Crippen LogP contribution in [0.3, 0.4) is 0 Å². The lowest BCUT2D eigenvalue weighted by Crippen LogP contribution is -2.13. The van der Waals surface area contributed by atoms with Gasteiger partial charge in [-0.3, -0.25) is 9.78 Å². The topological polar surface area (TPSA) is 97.1 Å². The summed E-state index contributed by atoms with van der Waals surface area (Å²) in [5, 5.41) is 18.7. The smallest absolute Gasteiger partial charge is 0.224 e. The van der Waals surface area contributed by atoms with Crippen LogP contribution in [0.4, 0.5) is 15.9 Å². The number of aryl methyl sites for hydroxylation is 1. The maximum absolute atomic E-state index is 13.0. The van der Waals surface area contributed by atoms with Crippen molar-refractivity contribution >= 4 is 23.1 Å². The number of amides is 1. The molecule has 3 heterocycles. The molecule has 9 heteroatoms. The molecule has 4 aromatic rings. The highest BCUT2D eigenvalue weighted by Gasteiger charge is 2.11. The minimum atomic E-state index is -0.269. The number of fused-ring (bicyclic) bond motifs is 1. The van der Waals surface area contributed by atoms with Gasteiger partial charge in [0.2, 0.25) is 5.91 Å². The molecule has 0 aliphatic heterocycles. The molecule has 0 bridgehead atoms. The van der Waals surface area contributed by atoms with Gasteiger partial charge in [-0.2, -0.15) is 4.52 Å². The van der Waals surface area contributed by atoms with E-state index >= 15 is 0 Å².